The van der Waals surface area contributed by atoms with Crippen molar-refractivity contribution in [3.05, 3.63) is 34.6 Å². The Labute approximate surface area is 141 Å². The zero-order valence-corrected chi connectivity index (χ0v) is 15.4. The first-order chi connectivity index (χ1) is 11.3. The van der Waals surface area contributed by atoms with Crippen molar-refractivity contribution in [2.75, 3.05) is 13.7 Å². The minimum Gasteiger partial charge on any atom is -0.490 e. The van der Waals surface area contributed by atoms with Gasteiger partial charge in [0.1, 0.15) is 13.1 Å². The predicted molar refractivity (Wildman–Crippen MR) is 92.8 cm³/mol. The Morgan fingerprint density at radius 3 is 2.71 bits per heavy atom. The van der Waals surface area contributed by atoms with Crippen molar-refractivity contribution in [1.29, 1.82) is 0 Å². The summed E-state index contributed by atoms with van der Waals surface area (Å²) in [7, 11) is 0.268. The highest BCUT2D eigenvalue weighted by molar-refractivity contribution is 6.76. The van der Waals surface area contributed by atoms with Gasteiger partial charge in [0.2, 0.25) is 5.75 Å². The van der Waals surface area contributed by atoms with Gasteiger partial charge in [-0.3, -0.25) is 10.1 Å². The average Bonchev–Trinajstić information content (AvgIpc) is 2.98. The minimum atomic E-state index is -1.12. The van der Waals surface area contributed by atoms with Crippen LogP contribution in [0.25, 0.3) is 11.4 Å². The first-order valence-corrected chi connectivity index (χ1v) is 11.3. The van der Waals surface area contributed by atoms with Crippen molar-refractivity contribution in [2.24, 2.45) is 0 Å². The monoisotopic (exact) mass is 350 g/mol. The SMILES string of the molecule is COc1c(-c2ncn(COCC[Si](C)(C)C)n2)cccc1[N+](=O)[O-]. The number of hydrogen-bond acceptors (Lipinski definition) is 6. The highest BCUT2D eigenvalue weighted by Gasteiger charge is 2.21. The normalized spacial score (nSPS) is 11.5. The summed E-state index contributed by atoms with van der Waals surface area (Å²) >= 11 is 0. The van der Waals surface area contributed by atoms with Crippen LogP contribution in [0, 0.1) is 10.1 Å². The van der Waals surface area contributed by atoms with Crippen molar-refractivity contribution in [3.63, 3.8) is 0 Å². The molecule has 130 valence electrons. The highest BCUT2D eigenvalue weighted by atomic mass is 28.3. The molecule has 0 spiro atoms. The van der Waals surface area contributed by atoms with Crippen LogP contribution in [0.15, 0.2) is 24.5 Å². The Balaban J connectivity index is 2.11. The van der Waals surface area contributed by atoms with Crippen LogP contribution >= 0.6 is 0 Å². The van der Waals surface area contributed by atoms with Gasteiger partial charge < -0.3 is 9.47 Å². The van der Waals surface area contributed by atoms with E-state index in [1.54, 1.807) is 23.1 Å². The maximum absolute atomic E-state index is 11.1. The fourth-order valence-corrected chi connectivity index (χ4v) is 2.83. The number of aromatic nitrogens is 3. The fraction of sp³-hybridized carbons (Fsp3) is 0.467. The van der Waals surface area contributed by atoms with Crippen molar-refractivity contribution in [2.45, 2.75) is 32.4 Å². The van der Waals surface area contributed by atoms with Crippen LogP contribution in [-0.4, -0.2) is 41.5 Å². The number of benzene rings is 1. The quantitative estimate of drug-likeness (QED) is 0.314. The summed E-state index contributed by atoms with van der Waals surface area (Å²) in [5.41, 5.74) is 0.366. The molecule has 0 saturated carbocycles. The maximum Gasteiger partial charge on any atom is 0.311 e. The summed E-state index contributed by atoms with van der Waals surface area (Å²) in [6.45, 7) is 7.86. The lowest BCUT2D eigenvalue weighted by atomic mass is 10.1. The number of rotatable bonds is 8. The van der Waals surface area contributed by atoms with Crippen molar-refractivity contribution in [3.8, 4) is 17.1 Å². The summed E-state index contributed by atoms with van der Waals surface area (Å²) in [4.78, 5) is 14.8. The van der Waals surface area contributed by atoms with Gasteiger partial charge in [0.25, 0.3) is 0 Å². The zero-order chi connectivity index (χ0) is 17.7. The molecule has 0 aliphatic heterocycles. The van der Waals surface area contributed by atoms with E-state index in [9.17, 15) is 10.1 Å². The molecule has 24 heavy (non-hydrogen) atoms. The van der Waals surface area contributed by atoms with Crippen LogP contribution in [0.3, 0.4) is 0 Å². The Morgan fingerprint density at radius 2 is 2.08 bits per heavy atom. The number of hydrogen-bond donors (Lipinski definition) is 0. The summed E-state index contributed by atoms with van der Waals surface area (Å²) in [6.07, 6.45) is 1.54. The van der Waals surface area contributed by atoms with Gasteiger partial charge in [0.05, 0.1) is 17.6 Å². The van der Waals surface area contributed by atoms with Crippen LogP contribution in [0.4, 0.5) is 5.69 Å². The number of nitro groups is 1. The van der Waals surface area contributed by atoms with Gasteiger partial charge in [-0.15, -0.1) is 5.10 Å². The molecule has 0 fully saturated rings. The molecule has 0 saturated heterocycles. The lowest BCUT2D eigenvalue weighted by Crippen LogP contribution is -2.22. The van der Waals surface area contributed by atoms with E-state index in [-0.39, 0.29) is 11.4 Å². The maximum atomic E-state index is 11.1. The van der Waals surface area contributed by atoms with E-state index in [0.717, 1.165) is 6.04 Å². The minimum absolute atomic E-state index is 0.113. The first-order valence-electron chi connectivity index (χ1n) is 7.61. The molecule has 1 heterocycles. The topological polar surface area (TPSA) is 92.3 Å². The van der Waals surface area contributed by atoms with Gasteiger partial charge in [-0.25, -0.2) is 9.67 Å². The number of nitrogens with zero attached hydrogens (tertiary/aromatic N) is 4. The fourth-order valence-electron chi connectivity index (χ4n) is 2.08. The molecule has 1 aromatic heterocycles. The van der Waals surface area contributed by atoms with Crippen molar-refractivity contribution >= 4 is 13.8 Å². The molecule has 2 aromatic rings. The lowest BCUT2D eigenvalue weighted by Gasteiger charge is -2.15. The van der Waals surface area contributed by atoms with E-state index in [0.29, 0.717) is 24.7 Å². The Hall–Kier alpha value is -2.26. The molecule has 9 heteroatoms. The largest absolute Gasteiger partial charge is 0.490 e. The number of nitro benzene ring substituents is 1. The van der Waals surface area contributed by atoms with E-state index in [4.69, 9.17) is 9.47 Å². The second kappa shape index (κ2) is 7.54. The molecule has 2 rings (SSSR count). The highest BCUT2D eigenvalue weighted by Crippen LogP contribution is 2.35. The summed E-state index contributed by atoms with van der Waals surface area (Å²) < 4.78 is 12.4. The van der Waals surface area contributed by atoms with Crippen LogP contribution in [-0.2, 0) is 11.5 Å². The molecule has 0 radical (unpaired) electrons. The summed E-state index contributed by atoms with van der Waals surface area (Å²) in [6, 6.07) is 5.74. The number of para-hydroxylation sites is 1. The van der Waals surface area contributed by atoms with Gasteiger partial charge in [0, 0.05) is 20.7 Å². The summed E-state index contributed by atoms with van der Waals surface area (Å²) in [5, 5.41) is 15.4. The van der Waals surface area contributed by atoms with Gasteiger partial charge in [0.15, 0.2) is 5.82 Å². The zero-order valence-electron chi connectivity index (χ0n) is 14.4. The molecule has 0 aliphatic carbocycles. The molecule has 0 unspecified atom stereocenters. The van der Waals surface area contributed by atoms with Gasteiger partial charge in [-0.05, 0) is 12.1 Å². The summed E-state index contributed by atoms with van der Waals surface area (Å²) in [5.74, 6) is 0.518. The molecular weight excluding hydrogens is 328 g/mol. The van der Waals surface area contributed by atoms with Gasteiger partial charge >= 0.3 is 5.69 Å². The molecule has 0 atom stereocenters. The van der Waals surface area contributed by atoms with E-state index < -0.39 is 13.0 Å². The predicted octanol–water partition coefficient (Wildman–Crippen LogP) is 3.17. The van der Waals surface area contributed by atoms with Crippen molar-refractivity contribution in [1.82, 2.24) is 14.8 Å². The van der Waals surface area contributed by atoms with Crippen LogP contribution in [0.1, 0.15) is 0 Å². The number of methoxy groups -OCH3 is 1. The smallest absolute Gasteiger partial charge is 0.311 e. The molecule has 1 aromatic carbocycles. The standard InChI is InChI=1S/C15H22N4O4Si/c1-22-14-12(6-5-7-13(14)19(20)21)15-16-10-18(17-15)11-23-8-9-24(2,3)4/h5-7,10H,8-9,11H2,1-4H3. The Kier molecular flexibility index (Phi) is 5.68. The molecule has 8 nitrogen and oxygen atoms in total. The Bertz CT molecular complexity index is 712. The lowest BCUT2D eigenvalue weighted by molar-refractivity contribution is -0.385. The molecule has 0 bridgehead atoms. The van der Waals surface area contributed by atoms with Crippen LogP contribution in [0.2, 0.25) is 25.7 Å². The third kappa shape index (κ3) is 4.62. The number of ether oxygens (including phenoxy) is 2. The molecule has 0 aliphatic rings. The Morgan fingerprint density at radius 1 is 1.33 bits per heavy atom. The van der Waals surface area contributed by atoms with Gasteiger partial charge in [-0.2, -0.15) is 0 Å². The van der Waals surface area contributed by atoms with Gasteiger partial charge in [-0.1, -0.05) is 25.7 Å². The van der Waals surface area contributed by atoms with Crippen LogP contribution in [0.5, 0.6) is 5.75 Å². The molecule has 0 N–H and O–H groups in total. The second-order valence-corrected chi connectivity index (χ2v) is 12.2. The van der Waals surface area contributed by atoms with E-state index in [1.165, 1.54) is 13.2 Å². The average molecular weight is 350 g/mol. The van der Waals surface area contributed by atoms with E-state index in [1.807, 2.05) is 0 Å². The van der Waals surface area contributed by atoms with E-state index >= 15 is 0 Å². The van der Waals surface area contributed by atoms with Crippen molar-refractivity contribution < 1.29 is 14.4 Å². The third-order valence-corrected chi connectivity index (χ3v) is 5.10. The molecule has 0 amide bonds. The van der Waals surface area contributed by atoms with Crippen LogP contribution < -0.4 is 4.74 Å². The first kappa shape index (κ1) is 18.1. The molecular formula is C15H22N4O4Si. The second-order valence-electron chi connectivity index (χ2n) is 6.57. The third-order valence-electron chi connectivity index (χ3n) is 3.39. The van der Waals surface area contributed by atoms with E-state index in [2.05, 4.69) is 29.7 Å².